The average Bonchev–Trinajstić information content (AvgIpc) is 2.61. The molecule has 1 unspecified atom stereocenters. The van der Waals surface area contributed by atoms with E-state index in [0.29, 0.717) is 0 Å². The Morgan fingerprint density at radius 3 is 2.69 bits per heavy atom. The SMILES string of the molecule is Cc1nc(C(C)(C)C)sc1C1CNCCO1. The molecule has 0 radical (unpaired) electrons. The third-order valence-corrected chi connectivity index (χ3v) is 4.37. The molecule has 0 amide bonds. The van der Waals surface area contributed by atoms with Gasteiger partial charge in [-0.15, -0.1) is 11.3 Å². The number of nitrogens with zero attached hydrogens (tertiary/aromatic N) is 1. The molecular formula is C12H20N2OS. The van der Waals surface area contributed by atoms with Gasteiger partial charge in [-0.25, -0.2) is 4.98 Å². The summed E-state index contributed by atoms with van der Waals surface area (Å²) >= 11 is 1.80. The lowest BCUT2D eigenvalue weighted by Gasteiger charge is -2.23. The van der Waals surface area contributed by atoms with Gasteiger partial charge in [-0.3, -0.25) is 0 Å². The Labute approximate surface area is 101 Å². The summed E-state index contributed by atoms with van der Waals surface area (Å²) in [5.41, 5.74) is 1.26. The number of thiazole rings is 1. The van der Waals surface area contributed by atoms with Crippen LogP contribution in [0.25, 0.3) is 0 Å². The smallest absolute Gasteiger partial charge is 0.106 e. The zero-order valence-electron chi connectivity index (χ0n) is 10.5. The minimum atomic E-state index is 0.135. The summed E-state index contributed by atoms with van der Waals surface area (Å²) < 4.78 is 5.78. The molecular weight excluding hydrogens is 220 g/mol. The summed E-state index contributed by atoms with van der Waals surface area (Å²) in [6.45, 7) is 11.4. The standard InChI is InChI=1S/C12H20N2OS/c1-8-10(9-7-13-5-6-15-9)16-11(14-8)12(2,3)4/h9,13H,5-7H2,1-4H3. The summed E-state index contributed by atoms with van der Waals surface area (Å²) in [5.74, 6) is 0. The van der Waals surface area contributed by atoms with Crippen LogP contribution in [0.4, 0.5) is 0 Å². The Morgan fingerprint density at radius 1 is 1.44 bits per heavy atom. The lowest BCUT2D eigenvalue weighted by atomic mass is 9.98. The number of aryl methyl sites for hydroxylation is 1. The topological polar surface area (TPSA) is 34.2 Å². The predicted molar refractivity (Wildman–Crippen MR) is 67.1 cm³/mol. The molecule has 0 aromatic carbocycles. The molecule has 1 fully saturated rings. The van der Waals surface area contributed by atoms with Gasteiger partial charge in [-0.1, -0.05) is 20.8 Å². The van der Waals surface area contributed by atoms with Gasteiger partial charge >= 0.3 is 0 Å². The highest BCUT2D eigenvalue weighted by Gasteiger charge is 2.25. The molecule has 0 saturated carbocycles. The van der Waals surface area contributed by atoms with Gasteiger partial charge in [0.15, 0.2) is 0 Å². The van der Waals surface area contributed by atoms with Gasteiger partial charge in [0.05, 0.1) is 22.2 Å². The first-order chi connectivity index (χ1) is 7.48. The third kappa shape index (κ3) is 2.44. The number of rotatable bonds is 1. The van der Waals surface area contributed by atoms with Crippen LogP contribution in [0.15, 0.2) is 0 Å². The summed E-state index contributed by atoms with van der Waals surface area (Å²) in [6.07, 6.45) is 0.197. The number of morpholine rings is 1. The number of hydrogen-bond acceptors (Lipinski definition) is 4. The largest absolute Gasteiger partial charge is 0.370 e. The van der Waals surface area contributed by atoms with Gasteiger partial charge in [0, 0.05) is 18.5 Å². The first-order valence-corrected chi connectivity index (χ1v) is 6.60. The van der Waals surface area contributed by atoms with E-state index in [0.717, 1.165) is 25.4 Å². The molecule has 1 saturated heterocycles. The van der Waals surface area contributed by atoms with E-state index in [1.165, 1.54) is 9.88 Å². The van der Waals surface area contributed by atoms with E-state index < -0.39 is 0 Å². The van der Waals surface area contributed by atoms with E-state index >= 15 is 0 Å². The normalized spacial score (nSPS) is 22.4. The maximum atomic E-state index is 5.78. The minimum Gasteiger partial charge on any atom is -0.370 e. The van der Waals surface area contributed by atoms with Gasteiger partial charge in [0.2, 0.25) is 0 Å². The van der Waals surface area contributed by atoms with Crippen molar-refractivity contribution in [3.05, 3.63) is 15.6 Å². The molecule has 90 valence electrons. The van der Waals surface area contributed by atoms with Crippen molar-refractivity contribution in [1.82, 2.24) is 10.3 Å². The summed E-state index contributed by atoms with van der Waals surface area (Å²) in [5, 5.41) is 4.57. The summed E-state index contributed by atoms with van der Waals surface area (Å²) in [7, 11) is 0. The molecule has 1 aliphatic rings. The Bertz CT molecular complexity index is 362. The van der Waals surface area contributed by atoms with Gasteiger partial charge in [0.25, 0.3) is 0 Å². The van der Waals surface area contributed by atoms with Crippen LogP contribution in [0, 0.1) is 6.92 Å². The lowest BCUT2D eigenvalue weighted by Crippen LogP contribution is -2.33. The Balaban J connectivity index is 2.24. The first-order valence-electron chi connectivity index (χ1n) is 5.78. The van der Waals surface area contributed by atoms with Crippen LogP contribution in [0.3, 0.4) is 0 Å². The van der Waals surface area contributed by atoms with Crippen molar-refractivity contribution < 1.29 is 4.74 Å². The number of ether oxygens (including phenoxy) is 1. The Kier molecular flexibility index (Phi) is 3.33. The van der Waals surface area contributed by atoms with Crippen LogP contribution >= 0.6 is 11.3 Å². The van der Waals surface area contributed by atoms with Crippen molar-refractivity contribution in [3.63, 3.8) is 0 Å². The fourth-order valence-corrected chi connectivity index (χ4v) is 2.93. The molecule has 16 heavy (non-hydrogen) atoms. The monoisotopic (exact) mass is 240 g/mol. The van der Waals surface area contributed by atoms with E-state index in [4.69, 9.17) is 4.74 Å². The Morgan fingerprint density at radius 2 is 2.19 bits per heavy atom. The summed E-state index contributed by atoms with van der Waals surface area (Å²) in [6, 6.07) is 0. The van der Waals surface area contributed by atoms with E-state index in [2.05, 4.69) is 38.0 Å². The second-order valence-electron chi connectivity index (χ2n) is 5.28. The molecule has 1 N–H and O–H groups in total. The van der Waals surface area contributed by atoms with Gasteiger partial charge in [-0.2, -0.15) is 0 Å². The van der Waals surface area contributed by atoms with Crippen LogP contribution in [0.5, 0.6) is 0 Å². The van der Waals surface area contributed by atoms with E-state index in [1.54, 1.807) is 11.3 Å². The second kappa shape index (κ2) is 4.43. The molecule has 1 atom stereocenters. The average molecular weight is 240 g/mol. The van der Waals surface area contributed by atoms with Crippen molar-refractivity contribution in [2.45, 2.75) is 39.2 Å². The lowest BCUT2D eigenvalue weighted by molar-refractivity contribution is 0.0295. The van der Waals surface area contributed by atoms with Crippen molar-refractivity contribution >= 4 is 11.3 Å². The van der Waals surface area contributed by atoms with Crippen LogP contribution in [0.1, 0.15) is 42.5 Å². The van der Waals surface area contributed by atoms with Gasteiger partial charge < -0.3 is 10.1 Å². The molecule has 0 aliphatic carbocycles. The van der Waals surface area contributed by atoms with Crippen LogP contribution < -0.4 is 5.32 Å². The molecule has 0 bridgehead atoms. The fraction of sp³-hybridized carbons (Fsp3) is 0.750. The van der Waals surface area contributed by atoms with Crippen LogP contribution in [-0.2, 0) is 10.2 Å². The molecule has 0 spiro atoms. The molecule has 2 rings (SSSR count). The second-order valence-corrected chi connectivity index (χ2v) is 6.31. The molecule has 1 aromatic rings. The van der Waals surface area contributed by atoms with E-state index in [1.807, 2.05) is 0 Å². The molecule has 3 nitrogen and oxygen atoms in total. The van der Waals surface area contributed by atoms with Crippen LogP contribution in [0.2, 0.25) is 0 Å². The maximum absolute atomic E-state index is 5.78. The van der Waals surface area contributed by atoms with Crippen molar-refractivity contribution in [2.24, 2.45) is 0 Å². The summed E-state index contributed by atoms with van der Waals surface area (Å²) in [4.78, 5) is 5.96. The fourth-order valence-electron chi connectivity index (χ4n) is 1.76. The number of hydrogen-bond donors (Lipinski definition) is 1. The first kappa shape index (κ1) is 12.0. The maximum Gasteiger partial charge on any atom is 0.106 e. The molecule has 1 aliphatic heterocycles. The van der Waals surface area contributed by atoms with Crippen molar-refractivity contribution in [1.29, 1.82) is 0 Å². The van der Waals surface area contributed by atoms with Gasteiger partial charge in [0.1, 0.15) is 6.10 Å². The third-order valence-electron chi connectivity index (χ3n) is 2.69. The highest BCUT2D eigenvalue weighted by atomic mass is 32.1. The minimum absolute atomic E-state index is 0.135. The molecule has 4 heteroatoms. The highest BCUT2D eigenvalue weighted by molar-refractivity contribution is 7.12. The number of nitrogens with one attached hydrogen (secondary N) is 1. The highest BCUT2D eigenvalue weighted by Crippen LogP contribution is 2.34. The zero-order valence-corrected chi connectivity index (χ0v) is 11.3. The van der Waals surface area contributed by atoms with Crippen molar-refractivity contribution in [3.8, 4) is 0 Å². The predicted octanol–water partition coefficient (Wildman–Crippen LogP) is 2.41. The van der Waals surface area contributed by atoms with Crippen LogP contribution in [-0.4, -0.2) is 24.7 Å². The van der Waals surface area contributed by atoms with Crippen molar-refractivity contribution in [2.75, 3.05) is 19.7 Å². The number of aromatic nitrogens is 1. The quantitative estimate of drug-likeness (QED) is 0.818. The molecule has 2 heterocycles. The zero-order chi connectivity index (χ0) is 11.8. The van der Waals surface area contributed by atoms with E-state index in [9.17, 15) is 0 Å². The van der Waals surface area contributed by atoms with E-state index in [-0.39, 0.29) is 11.5 Å². The Hall–Kier alpha value is -0.450. The molecule has 1 aromatic heterocycles. The van der Waals surface area contributed by atoms with Gasteiger partial charge in [-0.05, 0) is 6.92 Å².